The molecule has 146 valence electrons. The first-order valence-corrected chi connectivity index (χ1v) is 9.29. The van der Waals surface area contributed by atoms with Gasteiger partial charge in [0, 0.05) is 31.7 Å². The van der Waals surface area contributed by atoms with Gasteiger partial charge in [-0.1, -0.05) is 12.1 Å². The summed E-state index contributed by atoms with van der Waals surface area (Å²) in [6.45, 7) is 9.91. The van der Waals surface area contributed by atoms with Crippen molar-refractivity contribution in [3.05, 3.63) is 30.1 Å². The summed E-state index contributed by atoms with van der Waals surface area (Å²) in [5.74, 6) is 0.684. The number of benzene rings is 1. The maximum Gasteiger partial charge on any atom is 0.321 e. The summed E-state index contributed by atoms with van der Waals surface area (Å²) in [5, 5.41) is 5.11. The normalized spacial score (nSPS) is 16.4. The number of aromatic amines is 1. The van der Waals surface area contributed by atoms with Gasteiger partial charge in [0.25, 0.3) is 0 Å². The molecule has 3 rings (SSSR count). The number of amides is 3. The SMILES string of the molecule is CC(C)(C)NC(=O)NC(=O)CN1CCN(Cc2nc3ccccc3[nH]2)CC1. The van der Waals surface area contributed by atoms with Gasteiger partial charge in [0.15, 0.2) is 0 Å². The van der Waals surface area contributed by atoms with Crippen LogP contribution in [-0.4, -0.2) is 70.0 Å². The Bertz CT molecular complexity index is 769. The number of rotatable bonds is 4. The molecule has 27 heavy (non-hydrogen) atoms. The van der Waals surface area contributed by atoms with Gasteiger partial charge in [-0.15, -0.1) is 0 Å². The minimum absolute atomic E-state index is 0.232. The standard InChI is InChI=1S/C19H28N6O2/c1-19(2,3)23-18(27)22-17(26)13-25-10-8-24(9-11-25)12-16-20-14-6-4-5-7-15(14)21-16/h4-7H,8-13H2,1-3H3,(H,20,21)(H2,22,23,26,27). The van der Waals surface area contributed by atoms with E-state index in [2.05, 4.69) is 30.4 Å². The summed E-state index contributed by atoms with van der Waals surface area (Å²) in [6, 6.07) is 7.56. The van der Waals surface area contributed by atoms with E-state index in [1.54, 1.807) is 0 Å². The second kappa shape index (κ2) is 8.06. The van der Waals surface area contributed by atoms with E-state index < -0.39 is 6.03 Å². The Kier molecular flexibility index (Phi) is 5.76. The summed E-state index contributed by atoms with van der Waals surface area (Å²) in [6.07, 6.45) is 0. The summed E-state index contributed by atoms with van der Waals surface area (Å²) in [4.78, 5) is 36.1. The summed E-state index contributed by atoms with van der Waals surface area (Å²) in [7, 11) is 0. The van der Waals surface area contributed by atoms with E-state index in [1.165, 1.54) is 0 Å². The van der Waals surface area contributed by atoms with Crippen LogP contribution < -0.4 is 10.6 Å². The first kappa shape index (κ1) is 19.3. The lowest BCUT2D eigenvalue weighted by molar-refractivity contribution is -0.121. The molecule has 0 saturated carbocycles. The zero-order valence-electron chi connectivity index (χ0n) is 16.2. The number of imidazole rings is 1. The topological polar surface area (TPSA) is 93.4 Å². The third-order valence-electron chi connectivity index (χ3n) is 4.39. The Morgan fingerprint density at radius 1 is 1.11 bits per heavy atom. The lowest BCUT2D eigenvalue weighted by Crippen LogP contribution is -2.52. The number of hydrogen-bond acceptors (Lipinski definition) is 5. The fourth-order valence-electron chi connectivity index (χ4n) is 3.14. The largest absolute Gasteiger partial charge is 0.341 e. The average Bonchev–Trinajstić information content (AvgIpc) is 2.97. The number of hydrogen-bond donors (Lipinski definition) is 3. The van der Waals surface area contributed by atoms with E-state index in [0.29, 0.717) is 0 Å². The predicted octanol–water partition coefficient (Wildman–Crippen LogP) is 1.30. The molecule has 2 heterocycles. The number of fused-ring (bicyclic) bond motifs is 1. The molecule has 1 aliphatic rings. The Morgan fingerprint density at radius 2 is 1.78 bits per heavy atom. The second-order valence-corrected chi connectivity index (χ2v) is 8.01. The zero-order chi connectivity index (χ0) is 19.4. The third kappa shape index (κ3) is 5.77. The van der Waals surface area contributed by atoms with Crippen molar-refractivity contribution in [2.24, 2.45) is 0 Å². The number of nitrogens with zero attached hydrogens (tertiary/aromatic N) is 3. The molecule has 2 aromatic rings. The molecule has 1 fully saturated rings. The van der Waals surface area contributed by atoms with Gasteiger partial charge in [-0.3, -0.25) is 19.9 Å². The lowest BCUT2D eigenvalue weighted by atomic mass is 10.1. The van der Waals surface area contributed by atoms with Crippen molar-refractivity contribution in [2.75, 3.05) is 32.7 Å². The molecule has 0 atom stereocenters. The molecule has 0 spiro atoms. The van der Waals surface area contributed by atoms with E-state index >= 15 is 0 Å². The van der Waals surface area contributed by atoms with Crippen molar-refractivity contribution >= 4 is 23.0 Å². The highest BCUT2D eigenvalue weighted by Crippen LogP contribution is 2.12. The molecular formula is C19H28N6O2. The number of imide groups is 1. The number of aromatic nitrogens is 2. The number of piperazine rings is 1. The molecular weight excluding hydrogens is 344 g/mol. The number of H-pyrrole nitrogens is 1. The van der Waals surface area contributed by atoms with Gasteiger partial charge in [0.2, 0.25) is 5.91 Å². The monoisotopic (exact) mass is 372 g/mol. The molecule has 1 aromatic carbocycles. The van der Waals surface area contributed by atoms with Crippen LogP contribution in [0.2, 0.25) is 0 Å². The van der Waals surface area contributed by atoms with Gasteiger partial charge >= 0.3 is 6.03 Å². The maximum absolute atomic E-state index is 12.0. The molecule has 1 aromatic heterocycles. The van der Waals surface area contributed by atoms with Crippen LogP contribution in [0.25, 0.3) is 11.0 Å². The molecule has 1 saturated heterocycles. The van der Waals surface area contributed by atoms with Crippen LogP contribution >= 0.6 is 0 Å². The molecule has 0 bridgehead atoms. The van der Waals surface area contributed by atoms with Crippen molar-refractivity contribution in [1.82, 2.24) is 30.4 Å². The summed E-state index contributed by atoms with van der Waals surface area (Å²) >= 11 is 0. The van der Waals surface area contributed by atoms with Crippen LogP contribution in [0.3, 0.4) is 0 Å². The highest BCUT2D eigenvalue weighted by molar-refractivity contribution is 5.95. The molecule has 8 nitrogen and oxygen atoms in total. The van der Waals surface area contributed by atoms with Crippen molar-refractivity contribution in [3.63, 3.8) is 0 Å². The highest BCUT2D eigenvalue weighted by Gasteiger charge is 2.21. The third-order valence-corrected chi connectivity index (χ3v) is 4.39. The molecule has 0 radical (unpaired) electrons. The van der Waals surface area contributed by atoms with Crippen LogP contribution in [-0.2, 0) is 11.3 Å². The van der Waals surface area contributed by atoms with Crippen molar-refractivity contribution < 1.29 is 9.59 Å². The highest BCUT2D eigenvalue weighted by atomic mass is 16.2. The van der Waals surface area contributed by atoms with Crippen LogP contribution in [0, 0.1) is 0 Å². The van der Waals surface area contributed by atoms with Crippen molar-refractivity contribution in [1.29, 1.82) is 0 Å². The van der Waals surface area contributed by atoms with Gasteiger partial charge in [0.05, 0.1) is 24.1 Å². The van der Waals surface area contributed by atoms with Gasteiger partial charge in [-0.25, -0.2) is 9.78 Å². The van der Waals surface area contributed by atoms with E-state index in [1.807, 2.05) is 45.0 Å². The first-order valence-electron chi connectivity index (χ1n) is 9.29. The van der Waals surface area contributed by atoms with Gasteiger partial charge < -0.3 is 10.3 Å². The van der Waals surface area contributed by atoms with Crippen molar-refractivity contribution in [3.8, 4) is 0 Å². The van der Waals surface area contributed by atoms with Crippen LogP contribution in [0.4, 0.5) is 4.79 Å². The average molecular weight is 372 g/mol. The van der Waals surface area contributed by atoms with E-state index in [0.717, 1.165) is 49.6 Å². The number of para-hydroxylation sites is 2. The Labute approximate surface area is 159 Å². The minimum Gasteiger partial charge on any atom is -0.341 e. The number of carbonyl (C=O) groups excluding carboxylic acids is 2. The Hall–Kier alpha value is -2.45. The van der Waals surface area contributed by atoms with Crippen LogP contribution in [0.15, 0.2) is 24.3 Å². The van der Waals surface area contributed by atoms with Gasteiger partial charge in [-0.2, -0.15) is 0 Å². The summed E-state index contributed by atoms with van der Waals surface area (Å²) in [5.41, 5.74) is 1.67. The fraction of sp³-hybridized carbons (Fsp3) is 0.526. The molecule has 0 aliphatic carbocycles. The van der Waals surface area contributed by atoms with E-state index in [4.69, 9.17) is 0 Å². The van der Waals surface area contributed by atoms with E-state index in [9.17, 15) is 9.59 Å². The second-order valence-electron chi connectivity index (χ2n) is 8.01. The van der Waals surface area contributed by atoms with Gasteiger partial charge in [0.1, 0.15) is 5.82 Å². The summed E-state index contributed by atoms with van der Waals surface area (Å²) < 4.78 is 0. The number of nitrogens with one attached hydrogen (secondary N) is 3. The van der Waals surface area contributed by atoms with Gasteiger partial charge in [-0.05, 0) is 32.9 Å². The van der Waals surface area contributed by atoms with Crippen molar-refractivity contribution in [2.45, 2.75) is 32.9 Å². The predicted molar refractivity (Wildman–Crippen MR) is 104 cm³/mol. The molecule has 1 aliphatic heterocycles. The first-order chi connectivity index (χ1) is 12.8. The quantitative estimate of drug-likeness (QED) is 0.752. The number of carbonyl (C=O) groups is 2. The lowest BCUT2D eigenvalue weighted by Gasteiger charge is -2.33. The molecule has 0 unspecified atom stereocenters. The Balaban J connectivity index is 1.42. The fourth-order valence-corrected chi connectivity index (χ4v) is 3.14. The maximum atomic E-state index is 12.0. The molecule has 3 amide bonds. The minimum atomic E-state index is -0.448. The molecule has 3 N–H and O–H groups in total. The smallest absolute Gasteiger partial charge is 0.321 e. The zero-order valence-corrected chi connectivity index (χ0v) is 16.2. The van der Waals surface area contributed by atoms with E-state index in [-0.39, 0.29) is 18.0 Å². The number of urea groups is 1. The Morgan fingerprint density at radius 3 is 2.44 bits per heavy atom. The van der Waals surface area contributed by atoms with Crippen LogP contribution in [0.1, 0.15) is 26.6 Å². The molecule has 8 heteroatoms. The van der Waals surface area contributed by atoms with Crippen LogP contribution in [0.5, 0.6) is 0 Å².